The van der Waals surface area contributed by atoms with E-state index >= 15 is 0 Å². The van der Waals surface area contributed by atoms with Gasteiger partial charge in [0, 0.05) is 11.4 Å². The summed E-state index contributed by atoms with van der Waals surface area (Å²) in [6, 6.07) is 5.46. The van der Waals surface area contributed by atoms with Crippen LogP contribution in [0.25, 0.3) is 0 Å². The Morgan fingerprint density at radius 1 is 1.33 bits per heavy atom. The van der Waals surface area contributed by atoms with Crippen molar-refractivity contribution in [3.05, 3.63) is 28.8 Å². The first-order chi connectivity index (χ1) is 10.1. The summed E-state index contributed by atoms with van der Waals surface area (Å²) >= 11 is 5.94. The molecular weight excluding hydrogens is 286 g/mol. The minimum atomic E-state index is -0.0539. The van der Waals surface area contributed by atoms with Crippen LogP contribution in [0.1, 0.15) is 18.4 Å². The molecule has 0 N–H and O–H groups in total. The number of terminal acetylenes is 2. The fourth-order valence-electron chi connectivity index (χ4n) is 1.73. The summed E-state index contributed by atoms with van der Waals surface area (Å²) < 4.78 is 5.58. The fraction of sp³-hybridized carbons (Fsp3) is 0.353. The van der Waals surface area contributed by atoms with Gasteiger partial charge in [0.25, 0.3) is 0 Å². The molecule has 0 heterocycles. The van der Waals surface area contributed by atoms with Gasteiger partial charge in [0.05, 0.1) is 19.7 Å². The SMILES string of the molecule is C#CCN(CC#C)C(=O)CCCOc1ccc(Cl)c(C)c1. The molecule has 1 rings (SSSR count). The highest BCUT2D eigenvalue weighted by molar-refractivity contribution is 6.31. The average Bonchev–Trinajstić information content (AvgIpc) is 2.46. The van der Waals surface area contributed by atoms with Gasteiger partial charge in [-0.25, -0.2) is 0 Å². The van der Waals surface area contributed by atoms with E-state index in [1.807, 2.05) is 13.0 Å². The first kappa shape index (κ1) is 17.0. The van der Waals surface area contributed by atoms with Crippen LogP contribution in [0.15, 0.2) is 18.2 Å². The Morgan fingerprint density at radius 3 is 2.57 bits per heavy atom. The van der Waals surface area contributed by atoms with Crippen molar-refractivity contribution < 1.29 is 9.53 Å². The van der Waals surface area contributed by atoms with Crippen molar-refractivity contribution in [3.63, 3.8) is 0 Å². The van der Waals surface area contributed by atoms with Gasteiger partial charge < -0.3 is 9.64 Å². The van der Waals surface area contributed by atoms with E-state index in [9.17, 15) is 4.79 Å². The second-order valence-electron chi connectivity index (χ2n) is 4.52. The summed E-state index contributed by atoms with van der Waals surface area (Å²) in [5.41, 5.74) is 0.958. The predicted molar refractivity (Wildman–Crippen MR) is 85.2 cm³/mol. The molecule has 0 saturated carbocycles. The largest absolute Gasteiger partial charge is 0.494 e. The van der Waals surface area contributed by atoms with Gasteiger partial charge in [-0.2, -0.15) is 0 Å². The highest BCUT2D eigenvalue weighted by atomic mass is 35.5. The number of hydrogen-bond donors (Lipinski definition) is 0. The van der Waals surface area contributed by atoms with Crippen LogP contribution in [-0.4, -0.2) is 30.5 Å². The first-order valence-electron chi connectivity index (χ1n) is 6.62. The zero-order valence-corrected chi connectivity index (χ0v) is 12.8. The summed E-state index contributed by atoms with van der Waals surface area (Å²) in [6.07, 6.45) is 11.4. The molecule has 0 atom stereocenters. The zero-order chi connectivity index (χ0) is 15.7. The van der Waals surface area contributed by atoms with E-state index in [0.29, 0.717) is 24.5 Å². The summed E-state index contributed by atoms with van der Waals surface area (Å²) in [6.45, 7) is 2.84. The van der Waals surface area contributed by atoms with Crippen LogP contribution in [-0.2, 0) is 4.79 Å². The number of nitrogens with zero attached hydrogens (tertiary/aromatic N) is 1. The van der Waals surface area contributed by atoms with Crippen molar-refractivity contribution in [2.75, 3.05) is 19.7 Å². The standard InChI is InChI=1S/C17H18ClNO2/c1-4-10-19(11-5-2)17(20)7-6-12-21-15-8-9-16(18)14(3)13-15/h1-2,8-9,13H,6-7,10-12H2,3H3. The Labute approximate surface area is 131 Å². The van der Waals surface area contributed by atoms with Crippen molar-refractivity contribution in [2.24, 2.45) is 0 Å². The van der Waals surface area contributed by atoms with Crippen LogP contribution < -0.4 is 4.74 Å². The van der Waals surface area contributed by atoms with Crippen molar-refractivity contribution in [1.29, 1.82) is 0 Å². The lowest BCUT2D eigenvalue weighted by molar-refractivity contribution is -0.130. The minimum absolute atomic E-state index is 0.0539. The lowest BCUT2D eigenvalue weighted by Crippen LogP contribution is -2.31. The monoisotopic (exact) mass is 303 g/mol. The Hall–Kier alpha value is -2.10. The lowest BCUT2D eigenvalue weighted by atomic mass is 10.2. The normalized spacial score (nSPS) is 9.52. The van der Waals surface area contributed by atoms with Gasteiger partial charge in [-0.1, -0.05) is 23.4 Å². The van der Waals surface area contributed by atoms with Gasteiger partial charge in [-0.15, -0.1) is 12.8 Å². The number of benzene rings is 1. The molecular formula is C17H18ClNO2. The molecule has 0 aromatic heterocycles. The maximum Gasteiger partial charge on any atom is 0.224 e. The van der Waals surface area contributed by atoms with Crippen LogP contribution in [0.3, 0.4) is 0 Å². The number of rotatable bonds is 7. The van der Waals surface area contributed by atoms with Crippen LogP contribution in [0.5, 0.6) is 5.75 Å². The third kappa shape index (κ3) is 5.81. The van der Waals surface area contributed by atoms with Gasteiger partial charge in [-0.05, 0) is 37.1 Å². The molecule has 1 amide bonds. The molecule has 0 aliphatic carbocycles. The molecule has 0 aliphatic heterocycles. The van der Waals surface area contributed by atoms with E-state index in [1.165, 1.54) is 4.90 Å². The van der Waals surface area contributed by atoms with Gasteiger partial charge in [-0.3, -0.25) is 4.79 Å². The summed E-state index contributed by atoms with van der Waals surface area (Å²) in [5.74, 6) is 5.54. The zero-order valence-electron chi connectivity index (χ0n) is 12.1. The molecule has 0 spiro atoms. The first-order valence-corrected chi connectivity index (χ1v) is 7.00. The molecule has 0 radical (unpaired) electrons. The number of hydrogen-bond acceptors (Lipinski definition) is 2. The maximum absolute atomic E-state index is 11.9. The highest BCUT2D eigenvalue weighted by Gasteiger charge is 2.10. The molecule has 0 bridgehead atoms. The van der Waals surface area contributed by atoms with Crippen LogP contribution in [0, 0.1) is 31.6 Å². The lowest BCUT2D eigenvalue weighted by Gasteiger charge is -2.17. The van der Waals surface area contributed by atoms with Crippen LogP contribution >= 0.6 is 11.6 Å². The van der Waals surface area contributed by atoms with E-state index in [-0.39, 0.29) is 19.0 Å². The molecule has 1 aromatic carbocycles. The Kier molecular flexibility index (Phi) is 7.23. The molecule has 0 unspecified atom stereocenters. The smallest absolute Gasteiger partial charge is 0.224 e. The fourth-order valence-corrected chi connectivity index (χ4v) is 1.85. The minimum Gasteiger partial charge on any atom is -0.494 e. The molecule has 0 fully saturated rings. The Bertz CT molecular complexity index is 553. The quantitative estimate of drug-likeness (QED) is 0.572. The van der Waals surface area contributed by atoms with Crippen LogP contribution in [0.2, 0.25) is 5.02 Å². The molecule has 21 heavy (non-hydrogen) atoms. The number of amides is 1. The van der Waals surface area contributed by atoms with E-state index in [0.717, 1.165) is 11.3 Å². The summed E-state index contributed by atoms with van der Waals surface area (Å²) in [7, 11) is 0. The van der Waals surface area contributed by atoms with Crippen molar-refractivity contribution in [2.45, 2.75) is 19.8 Å². The number of aryl methyl sites for hydroxylation is 1. The molecule has 4 heteroatoms. The van der Waals surface area contributed by atoms with Crippen LogP contribution in [0.4, 0.5) is 0 Å². The third-order valence-electron chi connectivity index (χ3n) is 2.85. The number of ether oxygens (including phenoxy) is 1. The van der Waals surface area contributed by atoms with E-state index in [4.69, 9.17) is 29.2 Å². The topological polar surface area (TPSA) is 29.5 Å². The van der Waals surface area contributed by atoms with Crippen molar-refractivity contribution in [3.8, 4) is 30.4 Å². The summed E-state index contributed by atoms with van der Waals surface area (Å²) in [5, 5.41) is 0.705. The number of carbonyl (C=O) groups is 1. The van der Waals surface area contributed by atoms with Gasteiger partial charge in [0.2, 0.25) is 5.91 Å². The average molecular weight is 304 g/mol. The third-order valence-corrected chi connectivity index (χ3v) is 3.27. The maximum atomic E-state index is 11.9. The summed E-state index contributed by atoms with van der Waals surface area (Å²) in [4.78, 5) is 13.4. The highest BCUT2D eigenvalue weighted by Crippen LogP contribution is 2.21. The molecule has 110 valence electrons. The Balaban J connectivity index is 2.36. The second kappa shape index (κ2) is 8.95. The molecule has 1 aromatic rings. The second-order valence-corrected chi connectivity index (χ2v) is 4.93. The van der Waals surface area contributed by atoms with Gasteiger partial charge >= 0.3 is 0 Å². The number of carbonyl (C=O) groups excluding carboxylic acids is 1. The number of halogens is 1. The van der Waals surface area contributed by atoms with E-state index in [1.54, 1.807) is 12.1 Å². The Morgan fingerprint density at radius 2 is 2.00 bits per heavy atom. The van der Waals surface area contributed by atoms with Gasteiger partial charge in [0.15, 0.2) is 0 Å². The van der Waals surface area contributed by atoms with Crippen molar-refractivity contribution in [1.82, 2.24) is 4.90 Å². The van der Waals surface area contributed by atoms with E-state index < -0.39 is 0 Å². The molecule has 0 saturated heterocycles. The molecule has 0 aliphatic rings. The molecule has 3 nitrogen and oxygen atoms in total. The predicted octanol–water partition coefficient (Wildman–Crippen LogP) is 2.90. The van der Waals surface area contributed by atoms with E-state index in [2.05, 4.69) is 11.8 Å². The van der Waals surface area contributed by atoms with Gasteiger partial charge in [0.1, 0.15) is 5.75 Å². The van der Waals surface area contributed by atoms with Crippen molar-refractivity contribution >= 4 is 17.5 Å².